The molecule has 0 spiro atoms. The number of nitrogens with zero attached hydrogens (tertiary/aromatic N) is 2. The van der Waals surface area contributed by atoms with Crippen LogP contribution in [0.1, 0.15) is 12.7 Å². The fourth-order valence-electron chi connectivity index (χ4n) is 3.66. The molecule has 2 heterocycles. The van der Waals surface area contributed by atoms with Crippen LogP contribution < -0.4 is 10.2 Å². The Bertz CT molecular complexity index is 1180. The average molecular weight is 484 g/mol. The van der Waals surface area contributed by atoms with Gasteiger partial charge in [0.1, 0.15) is 11.5 Å². The van der Waals surface area contributed by atoms with E-state index in [4.69, 9.17) is 27.6 Å². The van der Waals surface area contributed by atoms with Gasteiger partial charge in [-0.15, -0.1) is 0 Å². The number of amides is 2. The Hall–Kier alpha value is -3.22. The number of rotatable bonds is 5. The highest BCUT2D eigenvalue weighted by molar-refractivity contribution is 6.43. The van der Waals surface area contributed by atoms with Crippen molar-refractivity contribution in [1.29, 1.82) is 0 Å². The second kappa shape index (κ2) is 10.1. The van der Waals surface area contributed by atoms with E-state index in [2.05, 4.69) is 10.2 Å². The van der Waals surface area contributed by atoms with Crippen molar-refractivity contribution >= 4 is 52.5 Å². The van der Waals surface area contributed by atoms with E-state index in [9.17, 15) is 9.59 Å². The van der Waals surface area contributed by atoms with Crippen LogP contribution in [0, 0.1) is 0 Å². The quantitative estimate of drug-likeness (QED) is 0.481. The number of furan rings is 1. The number of hydrogen-bond acceptors (Lipinski definition) is 4. The lowest BCUT2D eigenvalue weighted by Crippen LogP contribution is -2.48. The third-order valence-corrected chi connectivity index (χ3v) is 6.29. The molecule has 1 fully saturated rings. The van der Waals surface area contributed by atoms with Gasteiger partial charge in [-0.1, -0.05) is 29.3 Å². The molecule has 2 amide bonds. The van der Waals surface area contributed by atoms with Crippen molar-refractivity contribution in [2.24, 2.45) is 0 Å². The molecule has 0 radical (unpaired) electrons. The topological polar surface area (TPSA) is 65.8 Å². The molecule has 8 heteroatoms. The van der Waals surface area contributed by atoms with Gasteiger partial charge >= 0.3 is 0 Å². The molecule has 0 saturated carbocycles. The minimum Gasteiger partial charge on any atom is -0.457 e. The summed E-state index contributed by atoms with van der Waals surface area (Å²) in [7, 11) is 0. The van der Waals surface area contributed by atoms with Crippen molar-refractivity contribution in [3.63, 3.8) is 0 Å². The van der Waals surface area contributed by atoms with Gasteiger partial charge in [0.15, 0.2) is 0 Å². The summed E-state index contributed by atoms with van der Waals surface area (Å²) in [6.45, 7) is 4.62. The van der Waals surface area contributed by atoms with E-state index < -0.39 is 0 Å². The summed E-state index contributed by atoms with van der Waals surface area (Å²) in [5.74, 6) is 0.940. The first-order chi connectivity index (χ1) is 15.9. The molecule has 6 nitrogen and oxygen atoms in total. The first-order valence-corrected chi connectivity index (χ1v) is 11.3. The summed E-state index contributed by atoms with van der Waals surface area (Å²) in [5.41, 5.74) is 2.45. The van der Waals surface area contributed by atoms with Gasteiger partial charge in [-0.25, -0.2) is 0 Å². The van der Waals surface area contributed by atoms with E-state index in [1.807, 2.05) is 35.2 Å². The van der Waals surface area contributed by atoms with Crippen LogP contribution in [0.5, 0.6) is 0 Å². The van der Waals surface area contributed by atoms with Gasteiger partial charge in [0, 0.05) is 56.1 Å². The first kappa shape index (κ1) is 23.0. The predicted octanol–water partition coefficient (Wildman–Crippen LogP) is 5.57. The lowest BCUT2D eigenvalue weighted by atomic mass is 10.2. The monoisotopic (exact) mass is 483 g/mol. The van der Waals surface area contributed by atoms with Crippen LogP contribution >= 0.6 is 23.2 Å². The maximum Gasteiger partial charge on any atom is 0.248 e. The molecule has 3 aromatic rings. The second-order valence-electron chi connectivity index (χ2n) is 7.67. The van der Waals surface area contributed by atoms with E-state index in [0.717, 1.165) is 31.9 Å². The van der Waals surface area contributed by atoms with Crippen LogP contribution in [0.15, 0.2) is 65.1 Å². The highest BCUT2D eigenvalue weighted by Crippen LogP contribution is 2.34. The van der Waals surface area contributed by atoms with Gasteiger partial charge in [-0.2, -0.15) is 0 Å². The minimum absolute atomic E-state index is 0.111. The van der Waals surface area contributed by atoms with Crippen LogP contribution in [0.25, 0.3) is 17.4 Å². The SMILES string of the molecule is CC(=O)N1CCN(c2ccc(NC(=O)C=Cc3ccc(-c4cccc(Cl)c4Cl)o3)cc2)CC1. The predicted molar refractivity (Wildman–Crippen MR) is 133 cm³/mol. The zero-order valence-corrected chi connectivity index (χ0v) is 19.6. The molecule has 1 aliphatic rings. The normalized spacial score (nSPS) is 14.0. The number of halogens is 2. The zero-order chi connectivity index (χ0) is 23.4. The van der Waals surface area contributed by atoms with Gasteiger partial charge in [0.25, 0.3) is 0 Å². The van der Waals surface area contributed by atoms with Crippen LogP contribution in [0.2, 0.25) is 10.0 Å². The molecule has 33 heavy (non-hydrogen) atoms. The Morgan fingerprint density at radius 2 is 1.70 bits per heavy atom. The second-order valence-corrected chi connectivity index (χ2v) is 8.45. The number of hydrogen-bond donors (Lipinski definition) is 1. The van der Waals surface area contributed by atoms with Gasteiger partial charge < -0.3 is 19.5 Å². The summed E-state index contributed by atoms with van der Waals surface area (Å²) < 4.78 is 5.77. The Kier molecular flexibility index (Phi) is 7.06. The molecule has 170 valence electrons. The van der Waals surface area contributed by atoms with Crippen LogP contribution in [0.4, 0.5) is 11.4 Å². The molecule has 0 bridgehead atoms. The fourth-order valence-corrected chi connectivity index (χ4v) is 4.05. The number of anilines is 2. The van der Waals surface area contributed by atoms with Crippen LogP contribution in [-0.2, 0) is 9.59 Å². The Labute approximate surface area is 202 Å². The molecule has 0 unspecified atom stereocenters. The summed E-state index contributed by atoms with van der Waals surface area (Å²) in [6.07, 6.45) is 3.01. The van der Waals surface area contributed by atoms with Crippen molar-refractivity contribution in [1.82, 2.24) is 4.90 Å². The smallest absolute Gasteiger partial charge is 0.248 e. The largest absolute Gasteiger partial charge is 0.457 e. The Morgan fingerprint density at radius 1 is 0.970 bits per heavy atom. The average Bonchev–Trinajstić information content (AvgIpc) is 3.29. The fraction of sp³-hybridized carbons (Fsp3) is 0.200. The highest BCUT2D eigenvalue weighted by atomic mass is 35.5. The molecule has 4 rings (SSSR count). The summed E-state index contributed by atoms with van der Waals surface area (Å²) >= 11 is 12.3. The van der Waals surface area contributed by atoms with Gasteiger partial charge in [-0.3, -0.25) is 9.59 Å². The number of carbonyl (C=O) groups is 2. The molecule has 1 aromatic heterocycles. The maximum atomic E-state index is 12.3. The molecular formula is C25H23Cl2N3O3. The van der Waals surface area contributed by atoms with E-state index in [0.29, 0.717) is 32.8 Å². The third kappa shape index (κ3) is 5.59. The first-order valence-electron chi connectivity index (χ1n) is 10.5. The molecule has 1 aliphatic heterocycles. The third-order valence-electron chi connectivity index (χ3n) is 5.47. The van der Waals surface area contributed by atoms with Crippen molar-refractivity contribution in [3.05, 3.63) is 76.5 Å². The lowest BCUT2D eigenvalue weighted by Gasteiger charge is -2.35. The highest BCUT2D eigenvalue weighted by Gasteiger charge is 2.18. The lowest BCUT2D eigenvalue weighted by molar-refractivity contribution is -0.129. The van der Waals surface area contributed by atoms with Crippen molar-refractivity contribution in [3.8, 4) is 11.3 Å². The number of piperazine rings is 1. The van der Waals surface area contributed by atoms with Crippen LogP contribution in [0.3, 0.4) is 0 Å². The number of nitrogens with one attached hydrogen (secondary N) is 1. The van der Waals surface area contributed by atoms with Gasteiger partial charge in [-0.05, 0) is 54.6 Å². The molecule has 1 saturated heterocycles. The molecular weight excluding hydrogens is 461 g/mol. The van der Waals surface area contributed by atoms with Gasteiger partial charge in [0.2, 0.25) is 11.8 Å². The number of benzene rings is 2. The summed E-state index contributed by atoms with van der Waals surface area (Å²) in [4.78, 5) is 27.9. The summed E-state index contributed by atoms with van der Waals surface area (Å²) in [6, 6.07) is 16.5. The molecule has 0 atom stereocenters. The van der Waals surface area contributed by atoms with E-state index in [-0.39, 0.29) is 11.8 Å². The van der Waals surface area contributed by atoms with E-state index >= 15 is 0 Å². The summed E-state index contributed by atoms with van der Waals surface area (Å²) in [5, 5.41) is 3.71. The number of carbonyl (C=O) groups excluding carboxylic acids is 2. The van der Waals surface area contributed by atoms with Crippen LogP contribution in [-0.4, -0.2) is 42.9 Å². The molecule has 2 aromatic carbocycles. The Balaban J connectivity index is 1.33. The van der Waals surface area contributed by atoms with E-state index in [1.54, 1.807) is 37.3 Å². The standard InChI is InChI=1S/C25H23Cl2N3O3/c1-17(31)29-13-15-30(16-14-29)19-7-5-18(6-8-19)28-24(32)12-10-20-9-11-23(33-20)21-3-2-4-22(26)25(21)27/h2-12H,13-16H2,1H3,(H,28,32). The van der Waals surface area contributed by atoms with E-state index in [1.165, 1.54) is 6.08 Å². The maximum absolute atomic E-state index is 12.3. The van der Waals surface area contributed by atoms with Crippen molar-refractivity contribution in [2.45, 2.75) is 6.92 Å². The minimum atomic E-state index is -0.267. The molecule has 1 N–H and O–H groups in total. The Morgan fingerprint density at radius 3 is 2.39 bits per heavy atom. The van der Waals surface area contributed by atoms with Crippen molar-refractivity contribution < 1.29 is 14.0 Å². The van der Waals surface area contributed by atoms with Gasteiger partial charge in [0.05, 0.1) is 10.0 Å². The van der Waals surface area contributed by atoms with Crippen molar-refractivity contribution in [2.75, 3.05) is 36.4 Å². The zero-order valence-electron chi connectivity index (χ0n) is 18.1. The molecule has 0 aliphatic carbocycles.